The Hall–Kier alpha value is -2.28. The fourth-order valence-corrected chi connectivity index (χ4v) is 3.89. The predicted molar refractivity (Wildman–Crippen MR) is 105 cm³/mol. The third-order valence-corrected chi connectivity index (χ3v) is 5.75. The molecule has 4 rings (SSSR count). The summed E-state index contributed by atoms with van der Waals surface area (Å²) in [4.78, 5) is 27.0. The highest BCUT2D eigenvalue weighted by Gasteiger charge is 2.31. The van der Waals surface area contributed by atoms with E-state index in [-0.39, 0.29) is 24.0 Å². The fourth-order valence-electron chi connectivity index (χ4n) is 3.89. The molecule has 7 nitrogen and oxygen atoms in total. The molecular formula is C21H29N3O4. The van der Waals surface area contributed by atoms with Crippen LogP contribution in [0, 0.1) is 0 Å². The molecule has 2 aliphatic heterocycles. The zero-order valence-electron chi connectivity index (χ0n) is 16.4. The van der Waals surface area contributed by atoms with Gasteiger partial charge in [0, 0.05) is 38.0 Å². The molecule has 2 N–H and O–H groups in total. The van der Waals surface area contributed by atoms with Gasteiger partial charge in [-0.2, -0.15) is 0 Å². The van der Waals surface area contributed by atoms with E-state index in [1.807, 2.05) is 4.90 Å². The van der Waals surface area contributed by atoms with Crippen molar-refractivity contribution in [2.45, 2.75) is 56.7 Å². The van der Waals surface area contributed by atoms with E-state index in [1.54, 1.807) is 25.3 Å². The molecule has 1 aromatic rings. The highest BCUT2D eigenvalue weighted by Crippen LogP contribution is 2.29. The van der Waals surface area contributed by atoms with Crippen molar-refractivity contribution in [1.82, 2.24) is 15.5 Å². The van der Waals surface area contributed by atoms with E-state index in [0.29, 0.717) is 36.2 Å². The second kappa shape index (κ2) is 8.39. The van der Waals surface area contributed by atoms with E-state index in [9.17, 15) is 9.59 Å². The van der Waals surface area contributed by atoms with Gasteiger partial charge in [-0.15, -0.1) is 0 Å². The molecule has 3 fully saturated rings. The van der Waals surface area contributed by atoms with Gasteiger partial charge >= 0.3 is 0 Å². The molecule has 2 amide bonds. The van der Waals surface area contributed by atoms with Gasteiger partial charge < -0.3 is 25.0 Å². The van der Waals surface area contributed by atoms with Crippen LogP contribution in [0.3, 0.4) is 0 Å². The van der Waals surface area contributed by atoms with Gasteiger partial charge in [0.05, 0.1) is 18.7 Å². The summed E-state index contributed by atoms with van der Waals surface area (Å²) in [6.07, 6.45) is 5.59. The number of rotatable bonds is 6. The second-order valence-electron chi connectivity index (χ2n) is 7.90. The number of amides is 2. The van der Waals surface area contributed by atoms with Gasteiger partial charge in [0.2, 0.25) is 5.91 Å². The lowest BCUT2D eigenvalue weighted by molar-refractivity contribution is -0.134. The number of hydrogen-bond donors (Lipinski definition) is 2. The minimum Gasteiger partial charge on any atom is -0.497 e. The van der Waals surface area contributed by atoms with Crippen molar-refractivity contribution in [1.29, 1.82) is 0 Å². The molecule has 28 heavy (non-hydrogen) atoms. The highest BCUT2D eigenvalue weighted by molar-refractivity contribution is 5.97. The van der Waals surface area contributed by atoms with Crippen LogP contribution in [-0.4, -0.2) is 61.6 Å². The van der Waals surface area contributed by atoms with E-state index in [0.717, 1.165) is 45.1 Å². The number of likely N-dealkylation sites (tertiary alicyclic amines) is 1. The largest absolute Gasteiger partial charge is 0.497 e. The van der Waals surface area contributed by atoms with Crippen LogP contribution in [0.5, 0.6) is 11.5 Å². The first-order chi connectivity index (χ1) is 13.6. The van der Waals surface area contributed by atoms with Crippen LogP contribution in [0.4, 0.5) is 0 Å². The maximum Gasteiger partial charge on any atom is 0.255 e. The smallest absolute Gasteiger partial charge is 0.255 e. The van der Waals surface area contributed by atoms with Crippen LogP contribution in [0.2, 0.25) is 0 Å². The average Bonchev–Trinajstić information content (AvgIpc) is 3.36. The van der Waals surface area contributed by atoms with Gasteiger partial charge in [-0.05, 0) is 44.4 Å². The molecular weight excluding hydrogens is 358 g/mol. The number of carbonyl (C=O) groups excluding carboxylic acids is 2. The Morgan fingerprint density at radius 3 is 2.57 bits per heavy atom. The molecule has 1 aromatic carbocycles. The lowest BCUT2D eigenvalue weighted by atomic mass is 10.1. The van der Waals surface area contributed by atoms with E-state index < -0.39 is 0 Å². The van der Waals surface area contributed by atoms with Crippen molar-refractivity contribution in [3.05, 3.63) is 23.8 Å². The Balaban J connectivity index is 1.38. The van der Waals surface area contributed by atoms with Gasteiger partial charge in [-0.3, -0.25) is 9.59 Å². The van der Waals surface area contributed by atoms with Crippen LogP contribution in [0.25, 0.3) is 0 Å². The lowest BCUT2D eigenvalue weighted by Gasteiger charge is -2.34. The maximum absolute atomic E-state index is 12.6. The number of ether oxygens (including phenoxy) is 2. The average molecular weight is 387 g/mol. The van der Waals surface area contributed by atoms with Crippen molar-refractivity contribution in [3.63, 3.8) is 0 Å². The molecule has 0 unspecified atom stereocenters. The van der Waals surface area contributed by atoms with Crippen LogP contribution in [0.15, 0.2) is 18.2 Å². The summed E-state index contributed by atoms with van der Waals surface area (Å²) in [6.45, 7) is 2.31. The molecule has 2 saturated heterocycles. The van der Waals surface area contributed by atoms with Crippen LogP contribution < -0.4 is 20.1 Å². The van der Waals surface area contributed by atoms with Gasteiger partial charge in [0.25, 0.3) is 5.91 Å². The lowest BCUT2D eigenvalue weighted by Crippen LogP contribution is -2.48. The summed E-state index contributed by atoms with van der Waals surface area (Å²) in [5.74, 6) is 1.33. The standard InChI is InChI=1S/C21H29N3O4/c1-27-16-6-7-17(20(25)23-14-4-5-14)19(13-16)28-15-8-11-24(12-9-15)21(26)18-3-2-10-22-18/h6-7,13-15,18,22H,2-5,8-12H2,1H3,(H,23,25)/t18-/m0/s1. The van der Waals surface area contributed by atoms with Crippen molar-refractivity contribution in [2.75, 3.05) is 26.7 Å². The predicted octanol–water partition coefficient (Wildman–Crippen LogP) is 1.71. The molecule has 1 aliphatic carbocycles. The molecule has 0 aromatic heterocycles. The maximum atomic E-state index is 12.6. The van der Waals surface area contributed by atoms with Crippen molar-refractivity contribution in [2.24, 2.45) is 0 Å². The first-order valence-electron chi connectivity index (χ1n) is 10.3. The SMILES string of the molecule is COc1ccc(C(=O)NC2CC2)c(OC2CCN(C(=O)[C@@H]3CCCN3)CC2)c1. The number of nitrogens with one attached hydrogen (secondary N) is 2. The minimum atomic E-state index is -0.0972. The molecule has 0 radical (unpaired) electrons. The number of piperidine rings is 1. The topological polar surface area (TPSA) is 79.9 Å². The Kier molecular flexibility index (Phi) is 5.71. The third kappa shape index (κ3) is 4.41. The number of hydrogen-bond acceptors (Lipinski definition) is 5. The first-order valence-corrected chi connectivity index (χ1v) is 10.3. The van der Waals surface area contributed by atoms with Crippen LogP contribution in [-0.2, 0) is 4.79 Å². The monoisotopic (exact) mass is 387 g/mol. The summed E-state index contributed by atoms with van der Waals surface area (Å²) in [5.41, 5.74) is 0.543. The zero-order chi connectivity index (χ0) is 19.5. The summed E-state index contributed by atoms with van der Waals surface area (Å²) < 4.78 is 11.5. The Bertz CT molecular complexity index is 720. The molecule has 0 bridgehead atoms. The summed E-state index contributed by atoms with van der Waals surface area (Å²) in [5, 5.41) is 6.30. The van der Waals surface area contributed by atoms with Crippen molar-refractivity contribution >= 4 is 11.8 Å². The summed E-state index contributed by atoms with van der Waals surface area (Å²) in [7, 11) is 1.60. The normalized spacial score (nSPS) is 22.8. The molecule has 3 aliphatic rings. The Labute approximate surface area is 165 Å². The van der Waals surface area contributed by atoms with E-state index in [1.165, 1.54) is 0 Å². The van der Waals surface area contributed by atoms with E-state index in [2.05, 4.69) is 10.6 Å². The van der Waals surface area contributed by atoms with Gasteiger partial charge in [0.15, 0.2) is 0 Å². The number of methoxy groups -OCH3 is 1. The van der Waals surface area contributed by atoms with Crippen LogP contribution in [0.1, 0.15) is 48.9 Å². The van der Waals surface area contributed by atoms with E-state index >= 15 is 0 Å². The number of nitrogens with zero attached hydrogens (tertiary/aromatic N) is 1. The number of benzene rings is 1. The summed E-state index contributed by atoms with van der Waals surface area (Å²) >= 11 is 0. The van der Waals surface area contributed by atoms with Gasteiger partial charge in [-0.25, -0.2) is 0 Å². The molecule has 1 atom stereocenters. The number of carbonyl (C=O) groups is 2. The van der Waals surface area contributed by atoms with Crippen molar-refractivity contribution < 1.29 is 19.1 Å². The molecule has 0 spiro atoms. The van der Waals surface area contributed by atoms with Crippen LogP contribution >= 0.6 is 0 Å². The first kappa shape index (κ1) is 19.1. The quantitative estimate of drug-likeness (QED) is 0.777. The molecule has 7 heteroatoms. The molecule has 2 heterocycles. The van der Waals surface area contributed by atoms with Crippen molar-refractivity contribution in [3.8, 4) is 11.5 Å². The molecule has 152 valence electrons. The third-order valence-electron chi connectivity index (χ3n) is 5.75. The van der Waals surface area contributed by atoms with E-state index in [4.69, 9.17) is 9.47 Å². The fraction of sp³-hybridized carbons (Fsp3) is 0.619. The van der Waals surface area contributed by atoms with Gasteiger partial charge in [0.1, 0.15) is 17.6 Å². The Morgan fingerprint density at radius 2 is 1.93 bits per heavy atom. The Morgan fingerprint density at radius 1 is 1.14 bits per heavy atom. The molecule has 1 saturated carbocycles. The highest BCUT2D eigenvalue weighted by atomic mass is 16.5. The second-order valence-corrected chi connectivity index (χ2v) is 7.90. The minimum absolute atomic E-state index is 0.0137. The zero-order valence-corrected chi connectivity index (χ0v) is 16.4. The summed E-state index contributed by atoms with van der Waals surface area (Å²) in [6, 6.07) is 5.59. The van der Waals surface area contributed by atoms with Gasteiger partial charge in [-0.1, -0.05) is 0 Å².